The molecule has 0 fully saturated rings. The zero-order valence-corrected chi connectivity index (χ0v) is 13.6. The summed E-state index contributed by atoms with van der Waals surface area (Å²) in [6, 6.07) is 12.5. The summed E-state index contributed by atoms with van der Waals surface area (Å²) in [5.74, 6) is -0.195. The minimum Gasteiger partial charge on any atom is -0.356 e. The van der Waals surface area contributed by atoms with Crippen molar-refractivity contribution in [2.75, 3.05) is 19.6 Å². The lowest BCUT2D eigenvalue weighted by atomic mass is 10.1. The van der Waals surface area contributed by atoms with Crippen molar-refractivity contribution < 1.29 is 13.2 Å². The van der Waals surface area contributed by atoms with E-state index in [4.69, 9.17) is 5.73 Å². The van der Waals surface area contributed by atoms with Gasteiger partial charge in [-0.15, -0.1) is 0 Å². The van der Waals surface area contributed by atoms with Gasteiger partial charge in [0.1, 0.15) is 0 Å². The summed E-state index contributed by atoms with van der Waals surface area (Å²) in [5.41, 5.74) is 5.33. The summed E-state index contributed by atoms with van der Waals surface area (Å²) < 4.78 is 27.0. The first-order valence-corrected chi connectivity index (χ1v) is 8.96. The Labute approximate surface area is 136 Å². The Morgan fingerprint density at radius 2 is 1.78 bits per heavy atom. The van der Waals surface area contributed by atoms with E-state index in [-0.39, 0.29) is 23.8 Å². The number of hydrogen-bond donors (Lipinski definition) is 3. The molecule has 2 rings (SSSR count). The van der Waals surface area contributed by atoms with Gasteiger partial charge in [-0.3, -0.25) is 4.79 Å². The van der Waals surface area contributed by atoms with E-state index in [9.17, 15) is 13.2 Å². The molecule has 7 heteroatoms. The minimum atomic E-state index is -3.62. The maximum Gasteiger partial charge on any atom is 0.240 e. The molecule has 0 aliphatic rings. The second-order valence-corrected chi connectivity index (χ2v) is 6.92. The van der Waals surface area contributed by atoms with Crippen LogP contribution in [-0.2, 0) is 14.8 Å². The third-order valence-electron chi connectivity index (χ3n) is 3.38. The molecule has 0 saturated carbocycles. The lowest BCUT2D eigenvalue weighted by Crippen LogP contribution is -2.31. The fourth-order valence-electron chi connectivity index (χ4n) is 2.14. The smallest absolute Gasteiger partial charge is 0.240 e. The highest BCUT2D eigenvalue weighted by molar-refractivity contribution is 7.89. The first-order chi connectivity index (χ1) is 11.0. The summed E-state index contributed by atoms with van der Waals surface area (Å²) in [6.45, 7) is 1.07. The number of fused-ring (bicyclic) bond motifs is 1. The highest BCUT2D eigenvalue weighted by Crippen LogP contribution is 2.18. The summed E-state index contributed by atoms with van der Waals surface area (Å²) >= 11 is 0. The average Bonchev–Trinajstić information content (AvgIpc) is 2.54. The molecule has 0 atom stereocenters. The second kappa shape index (κ2) is 8.05. The molecule has 2 aromatic carbocycles. The van der Waals surface area contributed by atoms with Crippen LogP contribution in [0, 0.1) is 0 Å². The maximum absolute atomic E-state index is 12.3. The van der Waals surface area contributed by atoms with Gasteiger partial charge in [-0.05, 0) is 35.9 Å². The summed E-state index contributed by atoms with van der Waals surface area (Å²) in [5, 5.41) is 4.51. The van der Waals surface area contributed by atoms with Crippen LogP contribution >= 0.6 is 0 Å². The van der Waals surface area contributed by atoms with Crippen LogP contribution in [0.5, 0.6) is 0 Å². The fourth-order valence-corrected chi connectivity index (χ4v) is 3.20. The Bertz CT molecular complexity index is 775. The Morgan fingerprint density at radius 3 is 2.52 bits per heavy atom. The van der Waals surface area contributed by atoms with Crippen molar-refractivity contribution in [3.05, 3.63) is 42.5 Å². The Hall–Kier alpha value is -1.96. The van der Waals surface area contributed by atoms with E-state index in [2.05, 4.69) is 10.0 Å². The molecule has 0 bridgehead atoms. The molecule has 0 saturated heterocycles. The predicted molar refractivity (Wildman–Crippen MR) is 90.4 cm³/mol. The topological polar surface area (TPSA) is 101 Å². The van der Waals surface area contributed by atoms with E-state index in [1.54, 1.807) is 18.2 Å². The third kappa shape index (κ3) is 5.02. The van der Waals surface area contributed by atoms with Gasteiger partial charge in [0.2, 0.25) is 15.9 Å². The molecule has 23 heavy (non-hydrogen) atoms. The number of amides is 1. The summed E-state index contributed by atoms with van der Waals surface area (Å²) in [4.78, 5) is 11.7. The summed E-state index contributed by atoms with van der Waals surface area (Å²) in [7, 11) is -3.62. The number of benzene rings is 2. The van der Waals surface area contributed by atoms with Crippen molar-refractivity contribution in [1.29, 1.82) is 0 Å². The molecule has 0 aromatic heterocycles. The lowest BCUT2D eigenvalue weighted by Gasteiger charge is -2.08. The molecular formula is C16H21N3O3S. The van der Waals surface area contributed by atoms with E-state index in [1.807, 2.05) is 24.3 Å². The van der Waals surface area contributed by atoms with Crippen molar-refractivity contribution in [3.8, 4) is 0 Å². The molecule has 0 aliphatic carbocycles. The molecule has 0 radical (unpaired) electrons. The Kier molecular flexibility index (Phi) is 6.09. The van der Waals surface area contributed by atoms with Gasteiger partial charge < -0.3 is 11.1 Å². The van der Waals surface area contributed by atoms with Gasteiger partial charge in [-0.2, -0.15) is 0 Å². The van der Waals surface area contributed by atoms with E-state index in [0.717, 1.165) is 10.8 Å². The molecule has 6 nitrogen and oxygen atoms in total. The van der Waals surface area contributed by atoms with E-state index >= 15 is 0 Å². The number of rotatable bonds is 8. The molecule has 4 N–H and O–H groups in total. The first kappa shape index (κ1) is 17.4. The van der Waals surface area contributed by atoms with Crippen LogP contribution in [0.1, 0.15) is 12.8 Å². The van der Waals surface area contributed by atoms with E-state index in [0.29, 0.717) is 19.5 Å². The SMILES string of the molecule is NCCCNC(=O)CCNS(=O)(=O)c1ccc2ccccc2c1. The van der Waals surface area contributed by atoms with Crippen LogP contribution in [-0.4, -0.2) is 34.0 Å². The first-order valence-electron chi connectivity index (χ1n) is 7.48. The molecule has 0 spiro atoms. The van der Waals surface area contributed by atoms with Crippen LogP contribution in [0.4, 0.5) is 0 Å². The van der Waals surface area contributed by atoms with Crippen molar-refractivity contribution >= 4 is 26.7 Å². The second-order valence-electron chi connectivity index (χ2n) is 5.15. The molecule has 124 valence electrons. The van der Waals surface area contributed by atoms with Gasteiger partial charge in [-0.25, -0.2) is 13.1 Å². The molecule has 1 amide bonds. The van der Waals surface area contributed by atoms with Gasteiger partial charge in [0.05, 0.1) is 4.90 Å². The van der Waals surface area contributed by atoms with Crippen molar-refractivity contribution in [2.24, 2.45) is 5.73 Å². The van der Waals surface area contributed by atoms with Crippen molar-refractivity contribution in [2.45, 2.75) is 17.7 Å². The average molecular weight is 335 g/mol. The molecule has 0 heterocycles. The quantitative estimate of drug-likeness (QED) is 0.626. The number of hydrogen-bond acceptors (Lipinski definition) is 4. The number of carbonyl (C=O) groups excluding carboxylic acids is 1. The van der Waals surface area contributed by atoms with Gasteiger partial charge in [-0.1, -0.05) is 30.3 Å². The normalized spacial score (nSPS) is 11.5. The largest absolute Gasteiger partial charge is 0.356 e. The van der Waals surface area contributed by atoms with Gasteiger partial charge in [0.25, 0.3) is 0 Å². The maximum atomic E-state index is 12.3. The van der Waals surface area contributed by atoms with Gasteiger partial charge in [0.15, 0.2) is 0 Å². The van der Waals surface area contributed by atoms with Crippen molar-refractivity contribution in [3.63, 3.8) is 0 Å². The minimum absolute atomic E-state index is 0.0591. The highest BCUT2D eigenvalue weighted by atomic mass is 32.2. The van der Waals surface area contributed by atoms with Crippen LogP contribution in [0.15, 0.2) is 47.4 Å². The van der Waals surface area contributed by atoms with Gasteiger partial charge in [0, 0.05) is 19.5 Å². The van der Waals surface area contributed by atoms with E-state index < -0.39 is 10.0 Å². The fraction of sp³-hybridized carbons (Fsp3) is 0.312. The number of nitrogens with two attached hydrogens (primary N) is 1. The molecular weight excluding hydrogens is 314 g/mol. The van der Waals surface area contributed by atoms with Crippen LogP contribution in [0.3, 0.4) is 0 Å². The van der Waals surface area contributed by atoms with Crippen LogP contribution < -0.4 is 15.8 Å². The highest BCUT2D eigenvalue weighted by Gasteiger charge is 2.14. The third-order valence-corrected chi connectivity index (χ3v) is 4.84. The number of sulfonamides is 1. The molecule has 0 unspecified atom stereocenters. The van der Waals surface area contributed by atoms with Crippen LogP contribution in [0.2, 0.25) is 0 Å². The monoisotopic (exact) mass is 335 g/mol. The van der Waals surface area contributed by atoms with E-state index in [1.165, 1.54) is 0 Å². The predicted octanol–water partition coefficient (Wildman–Crippen LogP) is 0.973. The number of nitrogens with one attached hydrogen (secondary N) is 2. The lowest BCUT2D eigenvalue weighted by molar-refractivity contribution is -0.120. The van der Waals surface area contributed by atoms with Gasteiger partial charge >= 0.3 is 0 Å². The molecule has 0 aliphatic heterocycles. The Morgan fingerprint density at radius 1 is 1.04 bits per heavy atom. The molecule has 2 aromatic rings. The van der Waals surface area contributed by atoms with Crippen LogP contribution in [0.25, 0.3) is 10.8 Å². The number of carbonyl (C=O) groups is 1. The zero-order valence-electron chi connectivity index (χ0n) is 12.8. The standard InChI is InChI=1S/C16H21N3O3S/c17-9-3-10-18-16(20)8-11-19-23(21,22)15-7-6-13-4-1-2-5-14(13)12-15/h1-2,4-7,12,19H,3,8-11,17H2,(H,18,20). The van der Waals surface area contributed by atoms with Crippen molar-refractivity contribution in [1.82, 2.24) is 10.0 Å². The zero-order chi connectivity index (χ0) is 16.7. The Balaban J connectivity index is 1.94. The summed E-state index contributed by atoms with van der Waals surface area (Å²) in [6.07, 6.45) is 0.798.